The van der Waals surface area contributed by atoms with Gasteiger partial charge >= 0.3 is 12.1 Å². The van der Waals surface area contributed by atoms with Crippen LogP contribution in [0.5, 0.6) is 5.75 Å². The first kappa shape index (κ1) is 26.2. The van der Waals surface area contributed by atoms with Gasteiger partial charge in [-0.05, 0) is 36.4 Å². The highest BCUT2D eigenvalue weighted by atomic mass is 79.9. The van der Waals surface area contributed by atoms with Gasteiger partial charge in [0.05, 0.1) is 31.0 Å². The minimum Gasteiger partial charge on any atom is -0.481 e. The standard InChI is InChI=1S/C22H18BrF3N4O4S/c1-33-20(32)11-34-18-6-5-15(23)7-13(18)10-27-30-19(31)9-17-12-35-21(29-17)28-16-4-2-3-14(8-16)22(24,25)26/h2-8,10,12H,9,11H2,1H3,(H,28,29)(H,30,31)/b27-10-. The van der Waals surface area contributed by atoms with Crippen molar-refractivity contribution in [2.24, 2.45) is 5.10 Å². The Labute approximate surface area is 210 Å². The van der Waals surface area contributed by atoms with Gasteiger partial charge in [0.2, 0.25) is 5.91 Å². The molecule has 35 heavy (non-hydrogen) atoms. The van der Waals surface area contributed by atoms with Crippen LogP contribution >= 0.6 is 27.3 Å². The van der Waals surface area contributed by atoms with E-state index in [0.717, 1.165) is 27.9 Å². The molecular formula is C22H18BrF3N4O4S. The zero-order valence-electron chi connectivity index (χ0n) is 18.1. The van der Waals surface area contributed by atoms with Crippen LogP contribution in [0.3, 0.4) is 0 Å². The average molecular weight is 571 g/mol. The first-order valence-corrected chi connectivity index (χ1v) is 11.5. The van der Waals surface area contributed by atoms with E-state index in [0.29, 0.717) is 22.1 Å². The Hall–Kier alpha value is -3.45. The molecule has 0 saturated carbocycles. The number of aromatic nitrogens is 1. The van der Waals surface area contributed by atoms with Gasteiger partial charge in [0.15, 0.2) is 11.7 Å². The highest BCUT2D eigenvalue weighted by molar-refractivity contribution is 9.10. The third-order valence-electron chi connectivity index (χ3n) is 4.27. The van der Waals surface area contributed by atoms with Crippen LogP contribution in [0.4, 0.5) is 24.0 Å². The zero-order valence-corrected chi connectivity index (χ0v) is 20.5. The molecule has 0 aliphatic heterocycles. The molecule has 8 nitrogen and oxygen atoms in total. The molecule has 0 atom stereocenters. The largest absolute Gasteiger partial charge is 0.481 e. The molecule has 0 radical (unpaired) electrons. The maximum absolute atomic E-state index is 12.9. The molecule has 3 rings (SSSR count). The highest BCUT2D eigenvalue weighted by Gasteiger charge is 2.30. The number of rotatable bonds is 9. The Morgan fingerprint density at radius 1 is 1.23 bits per heavy atom. The van der Waals surface area contributed by atoms with Crippen LogP contribution in [0.2, 0.25) is 0 Å². The van der Waals surface area contributed by atoms with Crippen LogP contribution in [0.1, 0.15) is 16.8 Å². The number of nitrogens with zero attached hydrogens (tertiary/aromatic N) is 2. The number of carbonyl (C=O) groups excluding carboxylic acids is 2. The van der Waals surface area contributed by atoms with E-state index in [4.69, 9.17) is 4.74 Å². The summed E-state index contributed by atoms with van der Waals surface area (Å²) in [5.74, 6) is -0.639. The summed E-state index contributed by atoms with van der Waals surface area (Å²) in [5.41, 5.74) is 2.75. The molecule has 0 bridgehead atoms. The molecule has 0 spiro atoms. The normalized spacial score (nSPS) is 11.3. The summed E-state index contributed by atoms with van der Waals surface area (Å²) in [4.78, 5) is 27.7. The predicted molar refractivity (Wildman–Crippen MR) is 128 cm³/mol. The number of carbonyl (C=O) groups is 2. The Bertz CT molecular complexity index is 1230. The molecule has 1 aromatic heterocycles. The van der Waals surface area contributed by atoms with Crippen molar-refractivity contribution in [2.45, 2.75) is 12.6 Å². The number of hydrazone groups is 1. The van der Waals surface area contributed by atoms with E-state index in [-0.39, 0.29) is 18.7 Å². The van der Waals surface area contributed by atoms with Crippen molar-refractivity contribution in [3.05, 3.63) is 69.1 Å². The lowest BCUT2D eigenvalue weighted by molar-refractivity contribution is -0.143. The van der Waals surface area contributed by atoms with E-state index in [9.17, 15) is 22.8 Å². The Balaban J connectivity index is 1.57. The van der Waals surface area contributed by atoms with Crippen molar-refractivity contribution in [3.63, 3.8) is 0 Å². The van der Waals surface area contributed by atoms with E-state index >= 15 is 0 Å². The second-order valence-corrected chi connectivity index (χ2v) is 8.64. The quantitative estimate of drug-likeness (QED) is 0.215. The van der Waals surface area contributed by atoms with Gasteiger partial charge in [-0.15, -0.1) is 11.3 Å². The summed E-state index contributed by atoms with van der Waals surface area (Å²) in [7, 11) is 1.25. The Morgan fingerprint density at radius 3 is 2.77 bits per heavy atom. The van der Waals surface area contributed by atoms with Crippen molar-refractivity contribution in [1.82, 2.24) is 10.4 Å². The van der Waals surface area contributed by atoms with Gasteiger partial charge in [-0.2, -0.15) is 18.3 Å². The number of esters is 1. The lowest BCUT2D eigenvalue weighted by Gasteiger charge is -2.09. The number of hydrogen-bond acceptors (Lipinski definition) is 8. The van der Waals surface area contributed by atoms with Crippen LogP contribution in [0.15, 0.2) is 57.4 Å². The van der Waals surface area contributed by atoms with Gasteiger partial charge in [-0.3, -0.25) is 4.79 Å². The van der Waals surface area contributed by atoms with E-state index < -0.39 is 23.6 Å². The molecule has 0 aliphatic carbocycles. The fourth-order valence-corrected chi connectivity index (χ4v) is 3.78. The molecule has 0 fully saturated rings. The summed E-state index contributed by atoms with van der Waals surface area (Å²) in [6.07, 6.45) is -3.19. The Kier molecular flexibility index (Phi) is 8.82. The molecule has 1 amide bonds. The van der Waals surface area contributed by atoms with Crippen molar-refractivity contribution >= 4 is 56.2 Å². The van der Waals surface area contributed by atoms with Crippen LogP contribution in [0.25, 0.3) is 0 Å². The minimum atomic E-state index is -4.45. The van der Waals surface area contributed by atoms with E-state index in [1.807, 2.05) is 0 Å². The van der Waals surface area contributed by atoms with E-state index in [2.05, 4.69) is 41.5 Å². The molecular weight excluding hydrogens is 553 g/mol. The summed E-state index contributed by atoms with van der Waals surface area (Å²) in [5, 5.41) is 8.67. The number of anilines is 2. The summed E-state index contributed by atoms with van der Waals surface area (Å²) >= 11 is 4.48. The van der Waals surface area contributed by atoms with Gasteiger partial charge in [-0.25, -0.2) is 15.2 Å². The van der Waals surface area contributed by atoms with Gasteiger partial charge in [0.25, 0.3) is 0 Å². The number of benzene rings is 2. The third kappa shape index (κ3) is 8.07. The van der Waals surface area contributed by atoms with Crippen LogP contribution in [0, 0.1) is 0 Å². The zero-order chi connectivity index (χ0) is 25.4. The Morgan fingerprint density at radius 2 is 2.03 bits per heavy atom. The molecule has 13 heteroatoms. The van der Waals surface area contributed by atoms with Crippen LogP contribution in [-0.4, -0.2) is 36.8 Å². The van der Waals surface area contributed by atoms with Crippen molar-refractivity contribution in [3.8, 4) is 5.75 Å². The number of thiazole rings is 1. The second kappa shape index (κ2) is 11.8. The topological polar surface area (TPSA) is 102 Å². The highest BCUT2D eigenvalue weighted by Crippen LogP contribution is 2.31. The molecule has 0 aliphatic rings. The number of ether oxygens (including phenoxy) is 2. The second-order valence-electron chi connectivity index (χ2n) is 6.86. The number of alkyl halides is 3. The summed E-state index contributed by atoms with van der Waals surface area (Å²) in [6, 6.07) is 9.78. The van der Waals surface area contributed by atoms with Crippen LogP contribution in [-0.2, 0) is 26.9 Å². The number of amides is 1. The van der Waals surface area contributed by atoms with Crippen molar-refractivity contribution in [2.75, 3.05) is 19.0 Å². The average Bonchev–Trinajstić information content (AvgIpc) is 3.24. The fourth-order valence-electron chi connectivity index (χ4n) is 2.67. The molecule has 1 heterocycles. The van der Waals surface area contributed by atoms with Crippen molar-refractivity contribution < 1.29 is 32.2 Å². The minimum absolute atomic E-state index is 0.0949. The van der Waals surface area contributed by atoms with Gasteiger partial charge in [0.1, 0.15) is 5.75 Å². The van der Waals surface area contributed by atoms with Crippen LogP contribution < -0.4 is 15.5 Å². The lowest BCUT2D eigenvalue weighted by atomic mass is 10.2. The van der Waals surface area contributed by atoms with E-state index in [1.165, 1.54) is 25.5 Å². The maximum atomic E-state index is 12.9. The maximum Gasteiger partial charge on any atom is 0.416 e. The van der Waals surface area contributed by atoms with Gasteiger partial charge in [-0.1, -0.05) is 22.0 Å². The first-order valence-electron chi connectivity index (χ1n) is 9.84. The molecule has 0 unspecified atom stereocenters. The lowest BCUT2D eigenvalue weighted by Crippen LogP contribution is -2.20. The number of nitrogens with one attached hydrogen (secondary N) is 2. The molecule has 3 aromatic rings. The fraction of sp³-hybridized carbons (Fsp3) is 0.182. The van der Waals surface area contributed by atoms with Crippen molar-refractivity contribution in [1.29, 1.82) is 0 Å². The predicted octanol–water partition coefficient (Wildman–Crippen LogP) is 4.91. The molecule has 2 aromatic carbocycles. The summed E-state index contributed by atoms with van der Waals surface area (Å²) < 4.78 is 49.3. The first-order chi connectivity index (χ1) is 16.6. The molecule has 2 N–H and O–H groups in total. The number of halogens is 4. The third-order valence-corrected chi connectivity index (χ3v) is 5.57. The van der Waals surface area contributed by atoms with Gasteiger partial charge in [0, 0.05) is 21.1 Å². The summed E-state index contributed by atoms with van der Waals surface area (Å²) in [6.45, 7) is -0.286. The SMILES string of the molecule is COC(=O)COc1ccc(Br)cc1/C=N\NC(=O)Cc1csc(Nc2cccc(C(F)(F)F)c2)n1. The van der Waals surface area contributed by atoms with E-state index in [1.54, 1.807) is 23.6 Å². The molecule has 184 valence electrons. The smallest absolute Gasteiger partial charge is 0.416 e. The van der Waals surface area contributed by atoms with Gasteiger partial charge < -0.3 is 14.8 Å². The molecule has 0 saturated heterocycles. The number of hydrogen-bond donors (Lipinski definition) is 2. The monoisotopic (exact) mass is 570 g/mol. The number of methoxy groups -OCH3 is 1.